The maximum Gasteiger partial charge on any atom is 0.315 e. The molecule has 0 unspecified atom stereocenters. The first-order valence-electron chi connectivity index (χ1n) is 10.3. The van der Waals surface area contributed by atoms with E-state index in [1.807, 2.05) is 41.2 Å². The molecule has 0 spiro atoms. The lowest BCUT2D eigenvalue weighted by atomic mass is 10.2. The molecule has 2 N–H and O–H groups in total. The number of rotatable bonds is 9. The highest BCUT2D eigenvalue weighted by Crippen LogP contribution is 2.07. The smallest absolute Gasteiger partial charge is 0.315 e. The Morgan fingerprint density at radius 2 is 1.79 bits per heavy atom. The van der Waals surface area contributed by atoms with Crippen molar-refractivity contribution < 1.29 is 4.79 Å². The summed E-state index contributed by atoms with van der Waals surface area (Å²) in [7, 11) is 0. The number of hydrogen-bond donors (Lipinski definition) is 2. The van der Waals surface area contributed by atoms with Gasteiger partial charge in [-0.3, -0.25) is 0 Å². The quantitative estimate of drug-likeness (QED) is 0.650. The van der Waals surface area contributed by atoms with Crippen molar-refractivity contribution in [3.63, 3.8) is 0 Å². The molecule has 1 aliphatic rings. The third kappa shape index (κ3) is 6.35. The molecular weight excluding hydrogens is 352 g/mol. The highest BCUT2D eigenvalue weighted by atomic mass is 16.2. The summed E-state index contributed by atoms with van der Waals surface area (Å²) in [6, 6.07) is 9.82. The van der Waals surface area contributed by atoms with Crippen LogP contribution in [0.3, 0.4) is 0 Å². The van der Waals surface area contributed by atoms with Crippen LogP contribution in [0.15, 0.2) is 42.7 Å². The highest BCUT2D eigenvalue weighted by Gasteiger charge is 2.14. The Morgan fingerprint density at radius 1 is 1.04 bits per heavy atom. The van der Waals surface area contributed by atoms with Crippen LogP contribution in [0.2, 0.25) is 0 Å². The van der Waals surface area contributed by atoms with Gasteiger partial charge in [0.25, 0.3) is 0 Å². The number of benzene rings is 1. The second-order valence-electron chi connectivity index (χ2n) is 7.22. The number of unbranched alkanes of at least 4 members (excludes halogenated alkanes) is 1. The summed E-state index contributed by atoms with van der Waals surface area (Å²) in [5.74, 6) is 0. The number of urea groups is 1. The molecule has 0 bridgehead atoms. The summed E-state index contributed by atoms with van der Waals surface area (Å²) in [5, 5.41) is 10.2. The Balaban J connectivity index is 1.26. The summed E-state index contributed by atoms with van der Waals surface area (Å²) < 4.78 is 1.81. The predicted octanol–water partition coefficient (Wildman–Crippen LogP) is 2.09. The first-order chi connectivity index (χ1) is 13.7. The number of amides is 2. The molecule has 2 aromatic rings. The molecular formula is C21H32N6O. The van der Waals surface area contributed by atoms with Crippen LogP contribution < -0.4 is 10.6 Å². The van der Waals surface area contributed by atoms with Crippen molar-refractivity contribution in [3.8, 4) is 5.69 Å². The minimum atomic E-state index is -0.121. The number of aromatic nitrogens is 2. The molecule has 0 saturated carbocycles. The minimum absolute atomic E-state index is 0.121. The van der Waals surface area contributed by atoms with Crippen molar-refractivity contribution in [2.45, 2.75) is 26.3 Å². The molecule has 1 aromatic heterocycles. The van der Waals surface area contributed by atoms with E-state index in [1.165, 1.54) is 26.2 Å². The topological polar surface area (TPSA) is 65.4 Å². The van der Waals surface area contributed by atoms with Crippen LogP contribution in [0.25, 0.3) is 5.69 Å². The first-order valence-corrected chi connectivity index (χ1v) is 10.3. The lowest BCUT2D eigenvalue weighted by Crippen LogP contribution is -2.46. The summed E-state index contributed by atoms with van der Waals surface area (Å²) in [5.41, 5.74) is 1.99. The van der Waals surface area contributed by atoms with Crippen LogP contribution in [0, 0.1) is 0 Å². The highest BCUT2D eigenvalue weighted by molar-refractivity contribution is 5.73. The fourth-order valence-electron chi connectivity index (χ4n) is 3.41. The van der Waals surface area contributed by atoms with Crippen LogP contribution in [-0.2, 0) is 6.54 Å². The van der Waals surface area contributed by atoms with Gasteiger partial charge in [0.05, 0.1) is 11.9 Å². The van der Waals surface area contributed by atoms with Gasteiger partial charge in [-0.05, 0) is 38.1 Å². The van der Waals surface area contributed by atoms with Crippen molar-refractivity contribution in [2.75, 3.05) is 45.8 Å². The van der Waals surface area contributed by atoms with Crippen LogP contribution >= 0.6 is 0 Å². The van der Waals surface area contributed by atoms with E-state index in [9.17, 15) is 4.79 Å². The molecule has 1 fully saturated rings. The molecule has 1 aliphatic heterocycles. The summed E-state index contributed by atoms with van der Waals surface area (Å²) in [4.78, 5) is 17.0. The molecule has 2 heterocycles. The van der Waals surface area contributed by atoms with Crippen molar-refractivity contribution in [3.05, 3.63) is 48.3 Å². The van der Waals surface area contributed by atoms with Crippen molar-refractivity contribution in [2.24, 2.45) is 0 Å². The van der Waals surface area contributed by atoms with E-state index in [-0.39, 0.29) is 6.03 Å². The van der Waals surface area contributed by atoms with Gasteiger partial charge in [0, 0.05) is 51.0 Å². The zero-order valence-electron chi connectivity index (χ0n) is 16.8. The van der Waals surface area contributed by atoms with Gasteiger partial charge in [-0.1, -0.05) is 25.1 Å². The summed E-state index contributed by atoms with van der Waals surface area (Å²) in [6.07, 6.45) is 5.85. The fourth-order valence-corrected chi connectivity index (χ4v) is 3.41. The van der Waals surface area contributed by atoms with Crippen molar-refractivity contribution in [1.29, 1.82) is 0 Å². The lowest BCUT2D eigenvalue weighted by Gasteiger charge is -2.33. The number of carbonyl (C=O) groups is 1. The third-order valence-corrected chi connectivity index (χ3v) is 5.21. The monoisotopic (exact) mass is 384 g/mol. The number of para-hydroxylation sites is 1. The molecule has 0 aliphatic carbocycles. The van der Waals surface area contributed by atoms with E-state index in [1.54, 1.807) is 6.20 Å². The Kier molecular flexibility index (Phi) is 7.87. The van der Waals surface area contributed by atoms with Gasteiger partial charge in [0.2, 0.25) is 0 Å². The fraction of sp³-hybridized carbons (Fsp3) is 0.524. The average Bonchev–Trinajstić information content (AvgIpc) is 3.22. The largest absolute Gasteiger partial charge is 0.338 e. The van der Waals surface area contributed by atoms with Crippen molar-refractivity contribution in [1.82, 2.24) is 30.2 Å². The first kappa shape index (κ1) is 20.4. The minimum Gasteiger partial charge on any atom is -0.338 e. The molecule has 0 atom stereocenters. The van der Waals surface area contributed by atoms with E-state index in [2.05, 4.69) is 32.5 Å². The maximum absolute atomic E-state index is 12.0. The molecule has 1 saturated heterocycles. The Labute approximate surface area is 167 Å². The Morgan fingerprint density at radius 3 is 2.54 bits per heavy atom. The lowest BCUT2D eigenvalue weighted by molar-refractivity contribution is 0.135. The molecule has 28 heavy (non-hydrogen) atoms. The van der Waals surface area contributed by atoms with E-state index in [0.29, 0.717) is 13.1 Å². The third-order valence-electron chi connectivity index (χ3n) is 5.21. The SMILES string of the molecule is CCN1CCN(CCCCNC(=O)NCc2cnn(-c3ccccc3)c2)CC1. The van der Waals surface area contributed by atoms with E-state index in [4.69, 9.17) is 0 Å². The van der Waals surface area contributed by atoms with Gasteiger partial charge >= 0.3 is 6.03 Å². The van der Waals surface area contributed by atoms with Gasteiger partial charge in [-0.15, -0.1) is 0 Å². The van der Waals surface area contributed by atoms with Crippen LogP contribution in [0.5, 0.6) is 0 Å². The molecule has 1 aromatic carbocycles. The number of nitrogens with zero attached hydrogens (tertiary/aromatic N) is 4. The molecule has 2 amide bonds. The number of carbonyl (C=O) groups excluding carboxylic acids is 1. The van der Waals surface area contributed by atoms with Crippen LogP contribution in [0.4, 0.5) is 4.79 Å². The van der Waals surface area contributed by atoms with E-state index >= 15 is 0 Å². The Bertz CT molecular complexity index is 709. The second kappa shape index (κ2) is 10.8. The van der Waals surface area contributed by atoms with Crippen LogP contribution in [-0.4, -0.2) is 71.4 Å². The maximum atomic E-state index is 12.0. The second-order valence-corrected chi connectivity index (χ2v) is 7.22. The van der Waals surface area contributed by atoms with Gasteiger partial charge < -0.3 is 20.4 Å². The number of nitrogens with one attached hydrogen (secondary N) is 2. The molecule has 0 radical (unpaired) electrons. The zero-order valence-corrected chi connectivity index (χ0v) is 16.8. The number of piperazine rings is 1. The normalized spacial score (nSPS) is 15.5. The summed E-state index contributed by atoms with van der Waals surface area (Å²) >= 11 is 0. The number of likely N-dealkylation sites (N-methyl/N-ethyl adjacent to an activating group) is 1. The zero-order chi connectivity index (χ0) is 19.6. The Hall–Kier alpha value is -2.38. The molecule has 152 valence electrons. The van der Waals surface area contributed by atoms with Gasteiger partial charge in [0.15, 0.2) is 0 Å². The van der Waals surface area contributed by atoms with E-state index < -0.39 is 0 Å². The van der Waals surface area contributed by atoms with Gasteiger partial charge in [-0.25, -0.2) is 9.48 Å². The van der Waals surface area contributed by atoms with E-state index in [0.717, 1.165) is 37.2 Å². The van der Waals surface area contributed by atoms with Crippen LogP contribution in [0.1, 0.15) is 25.3 Å². The molecule has 7 heteroatoms. The summed E-state index contributed by atoms with van der Waals surface area (Å²) in [6.45, 7) is 10.4. The number of hydrogen-bond acceptors (Lipinski definition) is 4. The predicted molar refractivity (Wildman–Crippen MR) is 112 cm³/mol. The molecule has 3 rings (SSSR count). The van der Waals surface area contributed by atoms with Gasteiger partial charge in [-0.2, -0.15) is 5.10 Å². The molecule has 7 nitrogen and oxygen atoms in total. The van der Waals surface area contributed by atoms with Gasteiger partial charge in [0.1, 0.15) is 0 Å². The average molecular weight is 385 g/mol. The standard InChI is InChI=1S/C21H32N6O/c1-2-25-12-14-26(15-13-25)11-7-6-10-22-21(28)23-16-19-17-24-27(18-19)20-8-4-3-5-9-20/h3-5,8-9,17-18H,2,6-7,10-16H2,1H3,(H2,22,23,28). The van der Waals surface area contributed by atoms with Crippen molar-refractivity contribution >= 4 is 6.03 Å².